The highest BCUT2D eigenvalue weighted by atomic mass is 16.2. The Morgan fingerprint density at radius 2 is 2.30 bits per heavy atom. The van der Waals surface area contributed by atoms with Crippen molar-refractivity contribution in [1.82, 2.24) is 25.1 Å². The zero-order chi connectivity index (χ0) is 16.2. The molecule has 1 aliphatic rings. The van der Waals surface area contributed by atoms with E-state index < -0.39 is 0 Å². The molecule has 0 radical (unpaired) electrons. The summed E-state index contributed by atoms with van der Waals surface area (Å²) in [5.41, 5.74) is 2.90. The van der Waals surface area contributed by atoms with E-state index >= 15 is 0 Å². The van der Waals surface area contributed by atoms with Crippen molar-refractivity contribution in [3.8, 4) is 5.69 Å². The van der Waals surface area contributed by atoms with Crippen LogP contribution in [-0.4, -0.2) is 50.6 Å². The molecule has 0 spiro atoms. The normalized spacial score (nSPS) is 18.0. The number of rotatable bonds is 4. The molecule has 1 saturated heterocycles. The van der Waals surface area contributed by atoms with Crippen molar-refractivity contribution < 1.29 is 4.79 Å². The fourth-order valence-electron chi connectivity index (χ4n) is 3.00. The number of aryl methyl sites for hydroxylation is 1. The standard InChI is InChI=1S/C16H22N6O/c1-12-4-3-7-21(10-12)16(23)9-17-14-5-6-15(13(2)8-14)22-11-18-19-20-22/h5-6,8,11-12,17H,3-4,7,9-10H2,1-2H3. The van der Waals surface area contributed by atoms with Crippen LogP contribution in [0.4, 0.5) is 5.69 Å². The number of carbonyl (C=O) groups is 1. The SMILES string of the molecule is Cc1cc(NCC(=O)N2CCCC(C)C2)ccc1-n1cnnn1. The summed E-state index contributed by atoms with van der Waals surface area (Å²) in [6, 6.07) is 5.89. The summed E-state index contributed by atoms with van der Waals surface area (Å²) < 4.78 is 1.62. The van der Waals surface area contributed by atoms with Crippen molar-refractivity contribution in [1.29, 1.82) is 0 Å². The van der Waals surface area contributed by atoms with E-state index in [2.05, 4.69) is 27.8 Å². The molecule has 0 saturated carbocycles. The van der Waals surface area contributed by atoms with Gasteiger partial charge in [0.25, 0.3) is 0 Å². The summed E-state index contributed by atoms with van der Waals surface area (Å²) in [4.78, 5) is 14.3. The molecule has 0 bridgehead atoms. The summed E-state index contributed by atoms with van der Waals surface area (Å²) in [7, 11) is 0. The van der Waals surface area contributed by atoms with Gasteiger partial charge >= 0.3 is 0 Å². The molecule has 2 heterocycles. The lowest BCUT2D eigenvalue weighted by Crippen LogP contribution is -2.41. The zero-order valence-electron chi connectivity index (χ0n) is 13.6. The van der Waals surface area contributed by atoms with Gasteiger partial charge in [0.2, 0.25) is 5.91 Å². The largest absolute Gasteiger partial charge is 0.376 e. The Morgan fingerprint density at radius 1 is 1.43 bits per heavy atom. The molecule has 0 aliphatic carbocycles. The number of hydrogen-bond acceptors (Lipinski definition) is 5. The van der Waals surface area contributed by atoms with Crippen molar-refractivity contribution >= 4 is 11.6 Å². The molecule has 122 valence electrons. The Kier molecular flexibility index (Phi) is 4.55. The van der Waals surface area contributed by atoms with Crippen molar-refractivity contribution in [3.63, 3.8) is 0 Å². The number of anilines is 1. The van der Waals surface area contributed by atoms with Gasteiger partial charge in [0.1, 0.15) is 6.33 Å². The molecule has 7 heteroatoms. The van der Waals surface area contributed by atoms with Crippen LogP contribution in [-0.2, 0) is 4.79 Å². The van der Waals surface area contributed by atoms with Gasteiger partial charge in [0.05, 0.1) is 12.2 Å². The lowest BCUT2D eigenvalue weighted by molar-refractivity contribution is -0.130. The minimum absolute atomic E-state index is 0.166. The van der Waals surface area contributed by atoms with Crippen LogP contribution in [0.5, 0.6) is 0 Å². The van der Waals surface area contributed by atoms with Crippen LogP contribution in [0, 0.1) is 12.8 Å². The lowest BCUT2D eigenvalue weighted by Gasteiger charge is -2.31. The maximum absolute atomic E-state index is 12.3. The zero-order valence-corrected chi connectivity index (χ0v) is 13.6. The number of benzene rings is 1. The second kappa shape index (κ2) is 6.76. The van der Waals surface area contributed by atoms with Gasteiger partial charge in [0.15, 0.2) is 0 Å². The third-order valence-corrected chi connectivity index (χ3v) is 4.25. The highest BCUT2D eigenvalue weighted by Gasteiger charge is 2.20. The van der Waals surface area contributed by atoms with E-state index in [9.17, 15) is 4.79 Å². The number of hydrogen-bond donors (Lipinski definition) is 1. The van der Waals surface area contributed by atoms with Gasteiger partial charge in [-0.2, -0.15) is 0 Å². The van der Waals surface area contributed by atoms with E-state index in [1.54, 1.807) is 11.0 Å². The monoisotopic (exact) mass is 314 g/mol. The molecule has 1 fully saturated rings. The first kappa shape index (κ1) is 15.5. The molecule has 1 aromatic carbocycles. The molecule has 1 amide bonds. The van der Waals surface area contributed by atoms with E-state index in [1.807, 2.05) is 30.0 Å². The molecule has 3 rings (SSSR count). The minimum atomic E-state index is 0.166. The smallest absolute Gasteiger partial charge is 0.241 e. The fourth-order valence-corrected chi connectivity index (χ4v) is 3.00. The fraction of sp³-hybridized carbons (Fsp3) is 0.500. The Bertz CT molecular complexity index is 669. The van der Waals surface area contributed by atoms with Crippen LogP contribution in [0.25, 0.3) is 5.69 Å². The third-order valence-electron chi connectivity index (χ3n) is 4.25. The predicted molar refractivity (Wildman–Crippen MR) is 87.4 cm³/mol. The van der Waals surface area contributed by atoms with Crippen LogP contribution >= 0.6 is 0 Å². The Balaban J connectivity index is 1.60. The molecule has 1 aromatic heterocycles. The molecule has 1 aliphatic heterocycles. The summed E-state index contributed by atoms with van der Waals surface area (Å²) >= 11 is 0. The second-order valence-electron chi connectivity index (χ2n) is 6.20. The number of amides is 1. The van der Waals surface area contributed by atoms with Crippen molar-refractivity contribution in [2.24, 2.45) is 5.92 Å². The Hall–Kier alpha value is -2.44. The number of piperidine rings is 1. The molecule has 1 N–H and O–H groups in total. The lowest BCUT2D eigenvalue weighted by atomic mass is 10.0. The van der Waals surface area contributed by atoms with E-state index in [-0.39, 0.29) is 5.91 Å². The summed E-state index contributed by atoms with van der Waals surface area (Å²) in [5.74, 6) is 0.768. The van der Waals surface area contributed by atoms with Crippen molar-refractivity contribution in [2.45, 2.75) is 26.7 Å². The highest BCUT2D eigenvalue weighted by molar-refractivity contribution is 5.81. The molecule has 1 atom stereocenters. The molecule has 1 unspecified atom stereocenters. The van der Waals surface area contributed by atoms with Crippen molar-refractivity contribution in [2.75, 3.05) is 25.0 Å². The number of carbonyl (C=O) groups excluding carboxylic acids is 1. The van der Waals surface area contributed by atoms with E-state index in [0.29, 0.717) is 12.5 Å². The van der Waals surface area contributed by atoms with Crippen LogP contribution in [0.15, 0.2) is 24.5 Å². The Labute approximate surface area is 135 Å². The van der Waals surface area contributed by atoms with Gasteiger partial charge in [-0.3, -0.25) is 4.79 Å². The van der Waals surface area contributed by atoms with Crippen LogP contribution < -0.4 is 5.32 Å². The Morgan fingerprint density at radius 3 is 3.00 bits per heavy atom. The predicted octanol–water partition coefficient (Wildman–Crippen LogP) is 1.64. The average molecular weight is 314 g/mol. The maximum atomic E-state index is 12.3. The molecular weight excluding hydrogens is 292 g/mol. The third kappa shape index (κ3) is 3.67. The van der Waals surface area contributed by atoms with E-state index in [0.717, 1.165) is 36.4 Å². The van der Waals surface area contributed by atoms with Gasteiger partial charge in [-0.1, -0.05) is 6.92 Å². The van der Waals surface area contributed by atoms with Gasteiger partial charge in [0, 0.05) is 18.8 Å². The number of likely N-dealkylation sites (tertiary alicyclic amines) is 1. The van der Waals surface area contributed by atoms with Crippen LogP contribution in [0.2, 0.25) is 0 Å². The first-order valence-corrected chi connectivity index (χ1v) is 7.99. The maximum Gasteiger partial charge on any atom is 0.241 e. The van der Waals surface area contributed by atoms with Crippen molar-refractivity contribution in [3.05, 3.63) is 30.1 Å². The molecule has 7 nitrogen and oxygen atoms in total. The van der Waals surface area contributed by atoms with Gasteiger partial charge in [-0.05, 0) is 59.9 Å². The first-order valence-electron chi connectivity index (χ1n) is 7.99. The number of tetrazole rings is 1. The first-order chi connectivity index (χ1) is 11.1. The number of nitrogens with one attached hydrogen (secondary N) is 1. The van der Waals surface area contributed by atoms with Gasteiger partial charge in [-0.25, -0.2) is 4.68 Å². The molecule has 2 aromatic rings. The summed E-state index contributed by atoms with van der Waals surface area (Å²) in [5, 5.41) is 14.4. The van der Waals surface area contributed by atoms with E-state index in [1.165, 1.54) is 6.42 Å². The van der Waals surface area contributed by atoms with Crippen LogP contribution in [0.1, 0.15) is 25.3 Å². The topological polar surface area (TPSA) is 75.9 Å². The minimum Gasteiger partial charge on any atom is -0.376 e. The van der Waals surface area contributed by atoms with Gasteiger partial charge in [-0.15, -0.1) is 5.10 Å². The number of aromatic nitrogens is 4. The summed E-state index contributed by atoms with van der Waals surface area (Å²) in [6.45, 7) is 6.28. The van der Waals surface area contributed by atoms with Gasteiger partial charge < -0.3 is 10.2 Å². The van der Waals surface area contributed by atoms with Crippen LogP contribution in [0.3, 0.4) is 0 Å². The summed E-state index contributed by atoms with van der Waals surface area (Å²) in [6.07, 6.45) is 3.89. The molecular formula is C16H22N6O. The average Bonchev–Trinajstić information content (AvgIpc) is 3.07. The molecule has 23 heavy (non-hydrogen) atoms. The second-order valence-corrected chi connectivity index (χ2v) is 6.20. The number of nitrogens with zero attached hydrogens (tertiary/aromatic N) is 5. The quantitative estimate of drug-likeness (QED) is 0.928. The highest BCUT2D eigenvalue weighted by Crippen LogP contribution is 2.18. The van der Waals surface area contributed by atoms with E-state index in [4.69, 9.17) is 0 Å².